The van der Waals surface area contributed by atoms with Crippen LogP contribution in [0.1, 0.15) is 47.1 Å². The predicted octanol–water partition coefficient (Wildman–Crippen LogP) is 2.16. The highest BCUT2D eigenvalue weighted by Crippen LogP contribution is 2.38. The Bertz CT molecular complexity index is 1480. The number of amides is 5. The van der Waals surface area contributed by atoms with Gasteiger partial charge in [-0.1, -0.05) is 50.2 Å². The van der Waals surface area contributed by atoms with Crippen LogP contribution in [0, 0.1) is 5.92 Å². The number of fused-ring (bicyclic) bond motifs is 1. The van der Waals surface area contributed by atoms with Gasteiger partial charge in [0.1, 0.15) is 17.3 Å². The van der Waals surface area contributed by atoms with Crippen molar-refractivity contribution in [3.05, 3.63) is 83.2 Å². The smallest absolute Gasteiger partial charge is 0.318 e. The minimum Gasteiger partial charge on any atom is -0.357 e. The summed E-state index contributed by atoms with van der Waals surface area (Å²) in [6.45, 7) is 4.53. The van der Waals surface area contributed by atoms with Crippen LogP contribution in [0.5, 0.6) is 0 Å². The van der Waals surface area contributed by atoms with Crippen molar-refractivity contribution in [3.8, 4) is 0 Å². The fourth-order valence-corrected chi connectivity index (χ4v) is 5.71. The van der Waals surface area contributed by atoms with E-state index in [1.165, 1.54) is 10.9 Å². The number of rotatable bonds is 8. The SMILES string of the molecule is CNC(=O)C1(N2C[C@@H](C(C)C)NC2=O)Cc2ccc(NC(=O)[C@@H](NC(=O)c3ccnn3C)c3ccccc3)cc2C1. The number of hydrogen-bond donors (Lipinski definition) is 4. The number of anilines is 1. The van der Waals surface area contributed by atoms with Crippen molar-refractivity contribution >= 4 is 29.4 Å². The van der Waals surface area contributed by atoms with Crippen LogP contribution in [-0.4, -0.2) is 63.6 Å². The largest absolute Gasteiger partial charge is 0.357 e. The topological polar surface area (TPSA) is 137 Å². The quantitative estimate of drug-likeness (QED) is 0.336. The highest BCUT2D eigenvalue weighted by molar-refractivity contribution is 6.01. The van der Waals surface area contributed by atoms with Crippen molar-refractivity contribution in [3.63, 3.8) is 0 Å². The lowest BCUT2D eigenvalue weighted by molar-refractivity contribution is -0.130. The first-order valence-corrected chi connectivity index (χ1v) is 13.7. The number of carbonyl (C=O) groups is 4. The molecule has 4 N–H and O–H groups in total. The summed E-state index contributed by atoms with van der Waals surface area (Å²) in [5.74, 6) is -0.837. The van der Waals surface area contributed by atoms with Gasteiger partial charge in [-0.05, 0) is 40.8 Å². The Hall–Kier alpha value is -4.67. The summed E-state index contributed by atoms with van der Waals surface area (Å²) in [5, 5.41) is 15.6. The van der Waals surface area contributed by atoms with E-state index in [9.17, 15) is 19.2 Å². The zero-order chi connectivity index (χ0) is 29.3. The monoisotopic (exact) mass is 557 g/mol. The van der Waals surface area contributed by atoms with Gasteiger partial charge in [0.2, 0.25) is 5.91 Å². The van der Waals surface area contributed by atoms with Crippen molar-refractivity contribution < 1.29 is 19.2 Å². The Kier molecular flexibility index (Phi) is 7.53. The number of carbonyl (C=O) groups excluding carboxylic acids is 4. The Balaban J connectivity index is 1.38. The first-order valence-electron chi connectivity index (χ1n) is 13.7. The van der Waals surface area contributed by atoms with Gasteiger partial charge in [0.25, 0.3) is 11.8 Å². The Morgan fingerprint density at radius 3 is 2.41 bits per heavy atom. The number of likely N-dealkylation sites (N-methyl/N-ethyl adjacent to an activating group) is 1. The van der Waals surface area contributed by atoms with Gasteiger partial charge in [0.05, 0.1) is 6.04 Å². The van der Waals surface area contributed by atoms with E-state index >= 15 is 0 Å². The molecule has 41 heavy (non-hydrogen) atoms. The fraction of sp³-hybridized carbons (Fsp3) is 0.367. The summed E-state index contributed by atoms with van der Waals surface area (Å²) in [7, 11) is 3.24. The van der Waals surface area contributed by atoms with Gasteiger partial charge in [0.15, 0.2) is 0 Å². The van der Waals surface area contributed by atoms with Crippen LogP contribution < -0.4 is 21.3 Å². The van der Waals surface area contributed by atoms with Gasteiger partial charge in [-0.25, -0.2) is 4.79 Å². The van der Waals surface area contributed by atoms with E-state index < -0.39 is 23.4 Å². The van der Waals surface area contributed by atoms with Crippen LogP contribution in [0.25, 0.3) is 0 Å². The molecule has 0 bridgehead atoms. The molecule has 11 heteroatoms. The molecule has 2 aromatic carbocycles. The second-order valence-electron chi connectivity index (χ2n) is 11.0. The van der Waals surface area contributed by atoms with Gasteiger partial charge in [-0.15, -0.1) is 0 Å². The van der Waals surface area contributed by atoms with Crippen LogP contribution in [0.4, 0.5) is 10.5 Å². The molecule has 0 spiro atoms. The number of hydrogen-bond acceptors (Lipinski definition) is 5. The van der Waals surface area contributed by atoms with E-state index in [1.807, 2.05) is 32.0 Å². The number of nitrogens with one attached hydrogen (secondary N) is 4. The summed E-state index contributed by atoms with van der Waals surface area (Å²) in [6.07, 6.45) is 2.22. The third-order valence-corrected chi connectivity index (χ3v) is 8.07. The maximum Gasteiger partial charge on any atom is 0.318 e. The molecule has 1 aliphatic heterocycles. The van der Waals surface area contributed by atoms with Crippen LogP contribution >= 0.6 is 0 Å². The van der Waals surface area contributed by atoms with E-state index in [0.29, 0.717) is 36.3 Å². The van der Waals surface area contributed by atoms with E-state index in [0.717, 1.165) is 11.1 Å². The molecule has 1 aromatic heterocycles. The van der Waals surface area contributed by atoms with Crippen LogP contribution in [0.3, 0.4) is 0 Å². The average Bonchev–Trinajstić information content (AvgIpc) is 3.68. The third-order valence-electron chi connectivity index (χ3n) is 8.07. The molecule has 1 unspecified atom stereocenters. The van der Waals surface area contributed by atoms with Crippen LogP contribution in [-0.2, 0) is 29.5 Å². The standard InChI is InChI=1S/C30H35N7O4/c1-18(2)23-17-37(29(41)34-23)30(28(40)31-3)15-20-10-11-22(14-21(20)16-30)33-27(39)25(19-8-6-5-7-9-19)35-26(38)24-12-13-32-36(24)4/h5-14,18,23,25H,15-17H2,1-4H3,(H,31,40)(H,33,39)(H,34,41)(H,35,38)/t23-,25-,30?/m0/s1. The van der Waals surface area contributed by atoms with Crippen molar-refractivity contribution in [1.82, 2.24) is 30.6 Å². The molecule has 11 nitrogen and oxygen atoms in total. The van der Waals surface area contributed by atoms with Gasteiger partial charge in [0, 0.05) is 45.4 Å². The number of aryl methyl sites for hydroxylation is 1. The van der Waals surface area contributed by atoms with Crippen molar-refractivity contribution in [2.45, 2.75) is 44.3 Å². The first-order chi connectivity index (χ1) is 19.6. The fourth-order valence-electron chi connectivity index (χ4n) is 5.71. The van der Waals surface area contributed by atoms with Crippen LogP contribution in [0.2, 0.25) is 0 Å². The molecule has 3 atom stereocenters. The lowest BCUT2D eigenvalue weighted by Crippen LogP contribution is -2.60. The van der Waals surface area contributed by atoms with E-state index in [-0.39, 0.29) is 23.9 Å². The molecule has 0 saturated carbocycles. The number of nitrogens with zero attached hydrogens (tertiary/aromatic N) is 3. The summed E-state index contributed by atoms with van der Waals surface area (Å²) in [6, 6.07) is 14.8. The van der Waals surface area contributed by atoms with Gasteiger partial charge in [-0.2, -0.15) is 5.10 Å². The molecule has 1 fully saturated rings. The van der Waals surface area contributed by atoms with E-state index in [2.05, 4.69) is 26.4 Å². The maximum absolute atomic E-state index is 13.6. The van der Waals surface area contributed by atoms with Gasteiger partial charge >= 0.3 is 6.03 Å². The molecular formula is C30H35N7O4. The highest BCUT2D eigenvalue weighted by Gasteiger charge is 2.53. The van der Waals surface area contributed by atoms with Crippen molar-refractivity contribution in [2.75, 3.05) is 18.9 Å². The zero-order valence-electron chi connectivity index (χ0n) is 23.6. The van der Waals surface area contributed by atoms with Crippen LogP contribution in [0.15, 0.2) is 60.8 Å². The third kappa shape index (κ3) is 5.27. The first kappa shape index (κ1) is 27.9. The lowest BCUT2D eigenvalue weighted by atomic mass is 9.91. The van der Waals surface area contributed by atoms with Gasteiger partial charge < -0.3 is 26.2 Å². The predicted molar refractivity (Wildman–Crippen MR) is 153 cm³/mol. The lowest BCUT2D eigenvalue weighted by Gasteiger charge is -2.36. The highest BCUT2D eigenvalue weighted by atomic mass is 16.2. The summed E-state index contributed by atoms with van der Waals surface area (Å²) in [4.78, 5) is 54.5. The average molecular weight is 558 g/mol. The molecule has 1 aliphatic carbocycles. The molecule has 5 rings (SSSR count). The van der Waals surface area contributed by atoms with Crippen molar-refractivity contribution in [2.24, 2.45) is 13.0 Å². The number of aromatic nitrogens is 2. The summed E-state index contributed by atoms with van der Waals surface area (Å²) < 4.78 is 1.44. The molecular weight excluding hydrogens is 522 g/mol. The molecule has 0 radical (unpaired) electrons. The van der Waals surface area contributed by atoms with Gasteiger partial charge in [-0.3, -0.25) is 19.1 Å². The minimum atomic E-state index is -1.06. The molecule has 214 valence electrons. The number of benzene rings is 2. The maximum atomic E-state index is 13.6. The minimum absolute atomic E-state index is 0.0425. The molecule has 1 saturated heterocycles. The normalized spacial score (nSPS) is 20.4. The molecule has 2 aliphatic rings. The molecule has 5 amide bonds. The molecule has 2 heterocycles. The Labute approximate surface area is 238 Å². The summed E-state index contributed by atoms with van der Waals surface area (Å²) >= 11 is 0. The van der Waals surface area contributed by atoms with E-state index in [1.54, 1.807) is 55.4 Å². The second kappa shape index (κ2) is 11.1. The Morgan fingerprint density at radius 2 is 1.78 bits per heavy atom. The summed E-state index contributed by atoms with van der Waals surface area (Å²) in [5.41, 5.74) is 2.24. The number of urea groups is 1. The van der Waals surface area contributed by atoms with Crippen molar-refractivity contribution in [1.29, 1.82) is 0 Å². The van der Waals surface area contributed by atoms with E-state index in [4.69, 9.17) is 0 Å². The molecule has 3 aromatic rings. The Morgan fingerprint density at radius 1 is 1.05 bits per heavy atom. The second-order valence-corrected chi connectivity index (χ2v) is 11.0. The zero-order valence-corrected chi connectivity index (χ0v) is 23.6.